The van der Waals surface area contributed by atoms with E-state index in [9.17, 15) is 18.0 Å². The van der Waals surface area contributed by atoms with Crippen LogP contribution >= 0.6 is 0 Å². The molecule has 0 bridgehead atoms. The molecule has 2 unspecified atom stereocenters. The summed E-state index contributed by atoms with van der Waals surface area (Å²) in [5.74, 6) is 0.500. The second-order valence-corrected chi connectivity index (χ2v) is 8.07. The summed E-state index contributed by atoms with van der Waals surface area (Å²) < 4.78 is 39.8. The highest BCUT2D eigenvalue weighted by Gasteiger charge is 2.38. The number of hydrogen-bond acceptors (Lipinski definition) is 4. The first-order valence-electron chi connectivity index (χ1n) is 10.2. The van der Waals surface area contributed by atoms with Crippen LogP contribution in [0.5, 0.6) is 0 Å². The highest BCUT2D eigenvalue weighted by molar-refractivity contribution is 5.66. The molecule has 2 aromatic heterocycles. The van der Waals surface area contributed by atoms with Crippen LogP contribution in [0.1, 0.15) is 23.5 Å². The number of piperidine rings is 1. The Morgan fingerprint density at radius 3 is 2.68 bits per heavy atom. The van der Waals surface area contributed by atoms with Crippen molar-refractivity contribution >= 4 is 5.69 Å². The molecule has 3 aromatic rings. The monoisotopic (exact) mass is 426 g/mol. The van der Waals surface area contributed by atoms with E-state index in [0.717, 1.165) is 43.1 Å². The van der Waals surface area contributed by atoms with Crippen molar-refractivity contribution in [2.24, 2.45) is 0 Å². The quantitative estimate of drug-likeness (QED) is 0.677. The number of pyridine rings is 2. The van der Waals surface area contributed by atoms with E-state index in [-0.39, 0.29) is 5.56 Å². The summed E-state index contributed by atoms with van der Waals surface area (Å²) in [6.45, 7) is 1.95. The number of alkyl halides is 3. The van der Waals surface area contributed by atoms with Gasteiger partial charge in [-0.2, -0.15) is 13.2 Å². The fraction of sp³-hybridized carbons (Fsp3) is 0.304. The van der Waals surface area contributed by atoms with E-state index in [1.165, 1.54) is 17.7 Å². The van der Waals surface area contributed by atoms with Gasteiger partial charge in [-0.05, 0) is 48.9 Å². The number of nitrogens with one attached hydrogen (secondary N) is 1. The molecule has 0 saturated carbocycles. The van der Waals surface area contributed by atoms with Crippen molar-refractivity contribution in [2.45, 2.75) is 24.6 Å². The molecule has 5 nitrogen and oxygen atoms in total. The molecule has 1 fully saturated rings. The van der Waals surface area contributed by atoms with Gasteiger partial charge in [0, 0.05) is 55.3 Å². The fourth-order valence-electron chi connectivity index (χ4n) is 4.68. The van der Waals surface area contributed by atoms with Crippen molar-refractivity contribution in [2.75, 3.05) is 25.0 Å². The van der Waals surface area contributed by atoms with Gasteiger partial charge in [0.05, 0.1) is 16.9 Å². The normalized spacial score (nSPS) is 20.5. The van der Waals surface area contributed by atoms with Crippen LogP contribution in [0.15, 0.2) is 59.7 Å². The van der Waals surface area contributed by atoms with E-state index in [2.05, 4.69) is 28.3 Å². The SMILES string of the molecule is CN1c2cc(-n3ccc(-c4ccc(C(F)(F)F)cn4)cc3=O)ccc2C2CCNCC21. The molecule has 1 saturated heterocycles. The average Bonchev–Trinajstić information content (AvgIpc) is 3.05. The summed E-state index contributed by atoms with van der Waals surface area (Å²) in [5, 5.41) is 3.45. The minimum absolute atomic E-state index is 0.265. The third kappa shape index (κ3) is 3.40. The number of benzene rings is 1. The van der Waals surface area contributed by atoms with Crippen molar-refractivity contribution in [3.8, 4) is 16.9 Å². The summed E-state index contributed by atoms with van der Waals surface area (Å²) >= 11 is 0. The molecule has 4 heterocycles. The molecule has 0 aliphatic carbocycles. The van der Waals surface area contributed by atoms with E-state index in [1.807, 2.05) is 12.1 Å². The summed E-state index contributed by atoms with van der Waals surface area (Å²) in [7, 11) is 2.09. The van der Waals surface area contributed by atoms with E-state index in [1.54, 1.807) is 16.8 Å². The van der Waals surface area contributed by atoms with Gasteiger partial charge in [-0.1, -0.05) is 6.07 Å². The molecular formula is C23H21F3N4O. The van der Waals surface area contributed by atoms with Gasteiger partial charge in [0.2, 0.25) is 0 Å². The number of likely N-dealkylation sites (N-methyl/N-ethyl adjacent to an activating group) is 1. The molecule has 1 N–H and O–H groups in total. The van der Waals surface area contributed by atoms with Crippen molar-refractivity contribution in [3.05, 3.63) is 76.3 Å². The molecule has 1 aromatic carbocycles. The zero-order valence-corrected chi connectivity index (χ0v) is 16.9. The van der Waals surface area contributed by atoms with Crippen molar-refractivity contribution < 1.29 is 13.2 Å². The molecule has 160 valence electrons. The molecular weight excluding hydrogens is 405 g/mol. The van der Waals surface area contributed by atoms with Gasteiger partial charge in [0.15, 0.2) is 0 Å². The predicted molar refractivity (Wildman–Crippen MR) is 113 cm³/mol. The summed E-state index contributed by atoms with van der Waals surface area (Å²) in [4.78, 5) is 19.0. The Balaban J connectivity index is 1.46. The Morgan fingerprint density at radius 1 is 1.13 bits per heavy atom. The zero-order chi connectivity index (χ0) is 21.8. The van der Waals surface area contributed by atoms with Gasteiger partial charge in [-0.3, -0.25) is 14.3 Å². The number of halogens is 3. The first kappa shape index (κ1) is 19.8. The highest BCUT2D eigenvalue weighted by atomic mass is 19.4. The Labute approximate surface area is 177 Å². The largest absolute Gasteiger partial charge is 0.417 e. The molecule has 2 aliphatic heterocycles. The number of rotatable bonds is 2. The number of anilines is 1. The molecule has 31 heavy (non-hydrogen) atoms. The average molecular weight is 426 g/mol. The van der Waals surface area contributed by atoms with E-state index in [4.69, 9.17) is 0 Å². The van der Waals surface area contributed by atoms with E-state index in [0.29, 0.717) is 23.2 Å². The highest BCUT2D eigenvalue weighted by Crippen LogP contribution is 2.43. The number of hydrogen-bond donors (Lipinski definition) is 1. The minimum atomic E-state index is -4.44. The van der Waals surface area contributed by atoms with Gasteiger partial charge in [0.1, 0.15) is 0 Å². The maximum absolute atomic E-state index is 12.8. The molecule has 2 aliphatic rings. The molecule has 5 rings (SSSR count). The van der Waals surface area contributed by atoms with Gasteiger partial charge >= 0.3 is 6.18 Å². The molecule has 0 radical (unpaired) electrons. The summed E-state index contributed by atoms with van der Waals surface area (Å²) in [5.41, 5.74) is 2.93. The van der Waals surface area contributed by atoms with Crippen LogP contribution in [0.25, 0.3) is 16.9 Å². The Morgan fingerprint density at radius 2 is 1.97 bits per heavy atom. The molecule has 2 atom stereocenters. The van der Waals surface area contributed by atoms with Crippen molar-refractivity contribution in [3.63, 3.8) is 0 Å². The smallest absolute Gasteiger partial charge is 0.369 e. The number of aromatic nitrogens is 2. The Kier molecular flexibility index (Phi) is 4.62. The summed E-state index contributed by atoms with van der Waals surface area (Å²) in [6.07, 6.45) is -0.923. The van der Waals surface area contributed by atoms with Crippen LogP contribution in [0.3, 0.4) is 0 Å². The van der Waals surface area contributed by atoms with Crippen LogP contribution in [0.2, 0.25) is 0 Å². The van der Waals surface area contributed by atoms with Crippen LogP contribution < -0.4 is 15.8 Å². The second-order valence-electron chi connectivity index (χ2n) is 8.07. The first-order chi connectivity index (χ1) is 14.8. The fourth-order valence-corrected chi connectivity index (χ4v) is 4.68. The lowest BCUT2D eigenvalue weighted by molar-refractivity contribution is -0.137. The van der Waals surface area contributed by atoms with Gasteiger partial charge in [-0.15, -0.1) is 0 Å². The Bertz CT molecular complexity index is 1190. The van der Waals surface area contributed by atoms with Crippen LogP contribution in [-0.4, -0.2) is 35.7 Å². The number of nitrogens with zero attached hydrogens (tertiary/aromatic N) is 3. The molecule has 8 heteroatoms. The van der Waals surface area contributed by atoms with Gasteiger partial charge in [0.25, 0.3) is 5.56 Å². The molecule has 0 amide bonds. The van der Waals surface area contributed by atoms with Crippen molar-refractivity contribution in [1.29, 1.82) is 0 Å². The standard InChI is InChI=1S/C23H21F3N4O/c1-29-20-11-16(3-4-17(20)18-6-8-27-13-21(18)29)30-9-7-14(10-22(30)31)19-5-2-15(12-28-19)23(24,25)26/h2-5,7,9-12,18,21,27H,6,8,13H2,1H3. The minimum Gasteiger partial charge on any atom is -0.369 e. The first-order valence-corrected chi connectivity index (χ1v) is 10.2. The zero-order valence-electron chi connectivity index (χ0n) is 16.9. The van der Waals surface area contributed by atoms with Crippen LogP contribution in [0.4, 0.5) is 18.9 Å². The lowest BCUT2D eigenvalue weighted by atomic mass is 9.89. The lowest BCUT2D eigenvalue weighted by Crippen LogP contribution is -2.44. The number of fused-ring (bicyclic) bond motifs is 3. The lowest BCUT2D eigenvalue weighted by Gasteiger charge is -2.31. The van der Waals surface area contributed by atoms with Gasteiger partial charge < -0.3 is 10.2 Å². The van der Waals surface area contributed by atoms with E-state index >= 15 is 0 Å². The topological polar surface area (TPSA) is 50.2 Å². The maximum atomic E-state index is 12.8. The third-order valence-electron chi connectivity index (χ3n) is 6.33. The predicted octanol–water partition coefficient (Wildman–Crippen LogP) is 3.81. The third-order valence-corrected chi connectivity index (χ3v) is 6.33. The Hall–Kier alpha value is -3.13. The van der Waals surface area contributed by atoms with Crippen molar-refractivity contribution in [1.82, 2.24) is 14.9 Å². The van der Waals surface area contributed by atoms with E-state index < -0.39 is 11.7 Å². The molecule has 0 spiro atoms. The maximum Gasteiger partial charge on any atom is 0.417 e. The van der Waals surface area contributed by atoms with Gasteiger partial charge in [-0.25, -0.2) is 0 Å². The van der Waals surface area contributed by atoms with Crippen LogP contribution in [-0.2, 0) is 6.18 Å². The summed E-state index contributed by atoms with van der Waals surface area (Å²) in [6, 6.07) is 11.9. The van der Waals surface area contributed by atoms with Crippen LogP contribution in [0, 0.1) is 0 Å². The second kappa shape index (κ2) is 7.23.